The summed E-state index contributed by atoms with van der Waals surface area (Å²) in [6, 6.07) is 3.45. The Morgan fingerprint density at radius 1 is 1.35 bits per heavy atom. The van der Waals surface area contributed by atoms with Crippen molar-refractivity contribution in [2.45, 2.75) is 13.3 Å². The van der Waals surface area contributed by atoms with Gasteiger partial charge in [0.1, 0.15) is 11.5 Å². The first-order valence-electron chi connectivity index (χ1n) is 6.77. The van der Waals surface area contributed by atoms with Crippen molar-refractivity contribution in [1.29, 1.82) is 0 Å². The summed E-state index contributed by atoms with van der Waals surface area (Å²) < 4.78 is 0. The largest absolute Gasteiger partial charge is 0.373 e. The highest BCUT2D eigenvalue weighted by atomic mass is 35.5. The lowest BCUT2D eigenvalue weighted by molar-refractivity contribution is 0.0753. The van der Waals surface area contributed by atoms with E-state index in [0.29, 0.717) is 29.6 Å². The molecule has 1 rings (SSSR count). The van der Waals surface area contributed by atoms with Gasteiger partial charge in [-0.3, -0.25) is 4.79 Å². The molecule has 0 atom stereocenters. The molecule has 0 aliphatic carbocycles. The molecule has 1 amide bonds. The van der Waals surface area contributed by atoms with Gasteiger partial charge in [0.25, 0.3) is 5.91 Å². The molecule has 1 aromatic heterocycles. The second kappa shape index (κ2) is 8.07. The summed E-state index contributed by atoms with van der Waals surface area (Å²) in [7, 11) is 5.80. The van der Waals surface area contributed by atoms with Crippen LogP contribution in [0.1, 0.15) is 23.8 Å². The first-order chi connectivity index (χ1) is 9.49. The van der Waals surface area contributed by atoms with Gasteiger partial charge in [0.05, 0.1) is 5.02 Å². The van der Waals surface area contributed by atoms with Crippen LogP contribution in [-0.4, -0.2) is 61.5 Å². The highest BCUT2D eigenvalue weighted by Crippen LogP contribution is 2.18. The maximum atomic E-state index is 12.5. The van der Waals surface area contributed by atoms with Crippen molar-refractivity contribution in [1.82, 2.24) is 14.8 Å². The van der Waals surface area contributed by atoms with E-state index in [2.05, 4.69) is 15.2 Å². The van der Waals surface area contributed by atoms with E-state index >= 15 is 0 Å². The lowest BCUT2D eigenvalue weighted by atomic mass is 10.2. The van der Waals surface area contributed by atoms with E-state index in [4.69, 9.17) is 11.6 Å². The second-order valence-corrected chi connectivity index (χ2v) is 5.23. The van der Waals surface area contributed by atoms with Gasteiger partial charge >= 0.3 is 0 Å². The highest BCUT2D eigenvalue weighted by Gasteiger charge is 2.19. The van der Waals surface area contributed by atoms with Crippen molar-refractivity contribution in [3.05, 3.63) is 22.8 Å². The monoisotopic (exact) mass is 298 g/mol. The summed E-state index contributed by atoms with van der Waals surface area (Å²) in [5, 5.41) is 3.31. The average molecular weight is 299 g/mol. The molecular weight excluding hydrogens is 276 g/mol. The molecule has 1 aromatic rings. The average Bonchev–Trinajstić information content (AvgIpc) is 2.43. The smallest absolute Gasteiger partial charge is 0.274 e. The molecule has 112 valence electrons. The van der Waals surface area contributed by atoms with Crippen LogP contribution in [0.5, 0.6) is 0 Å². The molecule has 20 heavy (non-hydrogen) atoms. The fourth-order valence-electron chi connectivity index (χ4n) is 1.86. The SMILES string of the molecule is CCN(CCCN(C)C)C(=O)c1nc(NC)ccc1Cl. The molecular formula is C14H23ClN4O. The molecule has 0 aliphatic rings. The highest BCUT2D eigenvalue weighted by molar-refractivity contribution is 6.33. The van der Waals surface area contributed by atoms with Crippen LogP contribution in [0.4, 0.5) is 5.82 Å². The summed E-state index contributed by atoms with van der Waals surface area (Å²) in [4.78, 5) is 20.6. The lowest BCUT2D eigenvalue weighted by Crippen LogP contribution is -2.34. The number of carbonyl (C=O) groups is 1. The molecule has 5 nitrogen and oxygen atoms in total. The number of nitrogens with zero attached hydrogens (tertiary/aromatic N) is 3. The molecule has 0 aromatic carbocycles. The van der Waals surface area contributed by atoms with E-state index in [-0.39, 0.29) is 5.91 Å². The van der Waals surface area contributed by atoms with E-state index in [1.807, 2.05) is 21.0 Å². The van der Waals surface area contributed by atoms with E-state index in [9.17, 15) is 4.79 Å². The summed E-state index contributed by atoms with van der Waals surface area (Å²) in [5.41, 5.74) is 0.310. The molecule has 1 heterocycles. The van der Waals surface area contributed by atoms with Gasteiger partial charge in [0.2, 0.25) is 0 Å². The second-order valence-electron chi connectivity index (χ2n) is 4.82. The van der Waals surface area contributed by atoms with Crippen molar-refractivity contribution in [2.75, 3.05) is 46.1 Å². The Bertz CT molecular complexity index is 451. The molecule has 0 saturated carbocycles. The molecule has 0 aliphatic heterocycles. The van der Waals surface area contributed by atoms with Crippen LogP contribution >= 0.6 is 11.6 Å². The van der Waals surface area contributed by atoms with E-state index in [1.54, 1.807) is 24.1 Å². The molecule has 0 unspecified atom stereocenters. The topological polar surface area (TPSA) is 48.5 Å². The molecule has 0 bridgehead atoms. The van der Waals surface area contributed by atoms with Gasteiger partial charge in [-0.05, 0) is 46.1 Å². The van der Waals surface area contributed by atoms with E-state index < -0.39 is 0 Å². The van der Waals surface area contributed by atoms with Gasteiger partial charge in [-0.2, -0.15) is 0 Å². The zero-order valence-electron chi connectivity index (χ0n) is 12.6. The number of carbonyl (C=O) groups excluding carboxylic acids is 1. The molecule has 0 radical (unpaired) electrons. The summed E-state index contributed by atoms with van der Waals surface area (Å²) in [6.07, 6.45) is 0.927. The number of halogens is 1. The standard InChI is InChI=1S/C14H23ClN4O/c1-5-19(10-6-9-18(3)4)14(20)13-11(15)7-8-12(16-2)17-13/h7-8H,5-6,9-10H2,1-4H3,(H,16,17). The van der Waals surface area contributed by atoms with Crippen molar-refractivity contribution in [3.8, 4) is 0 Å². The molecule has 0 fully saturated rings. The number of nitrogens with one attached hydrogen (secondary N) is 1. The van der Waals surface area contributed by atoms with E-state index in [0.717, 1.165) is 13.0 Å². The Morgan fingerprint density at radius 2 is 2.05 bits per heavy atom. The third-order valence-corrected chi connectivity index (χ3v) is 3.31. The van der Waals surface area contributed by atoms with Gasteiger partial charge in [-0.15, -0.1) is 0 Å². The Balaban J connectivity index is 2.79. The number of aromatic nitrogens is 1. The first kappa shape index (κ1) is 16.7. The fraction of sp³-hybridized carbons (Fsp3) is 0.571. The molecule has 6 heteroatoms. The minimum atomic E-state index is -0.117. The van der Waals surface area contributed by atoms with Crippen molar-refractivity contribution in [3.63, 3.8) is 0 Å². The number of hydrogen-bond acceptors (Lipinski definition) is 4. The predicted octanol–water partition coefficient (Wildman–Crippen LogP) is 2.19. The maximum absolute atomic E-state index is 12.5. The van der Waals surface area contributed by atoms with Crippen LogP contribution < -0.4 is 5.32 Å². The quantitative estimate of drug-likeness (QED) is 0.838. The third kappa shape index (κ3) is 4.65. The van der Waals surface area contributed by atoms with Crippen molar-refractivity contribution < 1.29 is 4.79 Å². The van der Waals surface area contributed by atoms with Crippen LogP contribution in [0, 0.1) is 0 Å². The minimum absolute atomic E-state index is 0.117. The number of anilines is 1. The Morgan fingerprint density at radius 3 is 2.60 bits per heavy atom. The molecule has 0 saturated heterocycles. The zero-order valence-corrected chi connectivity index (χ0v) is 13.4. The van der Waals surface area contributed by atoms with Crippen LogP contribution in [-0.2, 0) is 0 Å². The van der Waals surface area contributed by atoms with Crippen LogP contribution in [0.15, 0.2) is 12.1 Å². The van der Waals surface area contributed by atoms with Crippen LogP contribution in [0.25, 0.3) is 0 Å². The Kier molecular flexibility index (Phi) is 6.75. The van der Waals surface area contributed by atoms with Gasteiger partial charge in [0.15, 0.2) is 0 Å². The van der Waals surface area contributed by atoms with Crippen molar-refractivity contribution in [2.24, 2.45) is 0 Å². The minimum Gasteiger partial charge on any atom is -0.373 e. The summed E-state index contributed by atoms with van der Waals surface area (Å²) in [6.45, 7) is 4.26. The maximum Gasteiger partial charge on any atom is 0.274 e. The van der Waals surface area contributed by atoms with Gasteiger partial charge in [0, 0.05) is 20.1 Å². The van der Waals surface area contributed by atoms with Crippen molar-refractivity contribution >= 4 is 23.3 Å². The Hall–Kier alpha value is -1.33. The molecule has 1 N–H and O–H groups in total. The third-order valence-electron chi connectivity index (χ3n) is 3.01. The van der Waals surface area contributed by atoms with Gasteiger partial charge < -0.3 is 15.1 Å². The lowest BCUT2D eigenvalue weighted by Gasteiger charge is -2.22. The summed E-state index contributed by atoms with van der Waals surface area (Å²) in [5.74, 6) is 0.524. The zero-order chi connectivity index (χ0) is 15.1. The predicted molar refractivity (Wildman–Crippen MR) is 83.5 cm³/mol. The normalized spacial score (nSPS) is 10.7. The van der Waals surface area contributed by atoms with Crippen LogP contribution in [0.2, 0.25) is 5.02 Å². The molecule has 0 spiro atoms. The van der Waals surface area contributed by atoms with Gasteiger partial charge in [-0.25, -0.2) is 4.98 Å². The summed E-state index contributed by atoms with van der Waals surface area (Å²) >= 11 is 6.09. The van der Waals surface area contributed by atoms with Gasteiger partial charge in [-0.1, -0.05) is 11.6 Å². The Labute approximate surface area is 125 Å². The van der Waals surface area contributed by atoms with Crippen LogP contribution in [0.3, 0.4) is 0 Å². The number of amides is 1. The van der Waals surface area contributed by atoms with E-state index in [1.165, 1.54) is 0 Å². The first-order valence-corrected chi connectivity index (χ1v) is 7.15. The number of hydrogen-bond donors (Lipinski definition) is 1. The fourth-order valence-corrected chi connectivity index (χ4v) is 2.05. The number of pyridine rings is 1. The number of rotatable bonds is 7.